The summed E-state index contributed by atoms with van der Waals surface area (Å²) in [6.07, 6.45) is 0.558. The molecule has 0 radical (unpaired) electrons. The molecule has 2 aromatic heterocycles. The highest BCUT2D eigenvalue weighted by Crippen LogP contribution is 2.27. The van der Waals surface area contributed by atoms with Crippen molar-refractivity contribution in [3.8, 4) is 5.75 Å². The van der Waals surface area contributed by atoms with Gasteiger partial charge in [-0.2, -0.15) is 5.10 Å². The summed E-state index contributed by atoms with van der Waals surface area (Å²) in [5.41, 5.74) is 1.38. The van der Waals surface area contributed by atoms with Crippen LogP contribution in [-0.4, -0.2) is 27.2 Å². The fraction of sp³-hybridized carbons (Fsp3) is 0.227. The maximum Gasteiger partial charge on any atom is 0.287 e. The molecule has 0 bridgehead atoms. The van der Waals surface area contributed by atoms with Crippen LogP contribution in [0.2, 0.25) is 0 Å². The van der Waals surface area contributed by atoms with E-state index in [9.17, 15) is 4.79 Å². The van der Waals surface area contributed by atoms with Crippen LogP contribution in [-0.2, 0) is 19.6 Å². The third kappa shape index (κ3) is 4.13. The lowest BCUT2D eigenvalue weighted by Crippen LogP contribution is -2.27. The van der Waals surface area contributed by atoms with Crippen molar-refractivity contribution in [2.24, 2.45) is 0 Å². The highest BCUT2D eigenvalue weighted by atomic mass is 32.1. The third-order valence-electron chi connectivity index (χ3n) is 4.82. The summed E-state index contributed by atoms with van der Waals surface area (Å²) in [7, 11) is 0. The maximum absolute atomic E-state index is 12.9. The second kappa shape index (κ2) is 8.96. The Morgan fingerprint density at radius 2 is 1.97 bits per heavy atom. The van der Waals surface area contributed by atoms with Crippen molar-refractivity contribution in [2.75, 3.05) is 6.54 Å². The summed E-state index contributed by atoms with van der Waals surface area (Å²) in [6.45, 7) is 3.37. The van der Waals surface area contributed by atoms with Gasteiger partial charge in [0.2, 0.25) is 0 Å². The molecule has 30 heavy (non-hydrogen) atoms. The minimum atomic E-state index is -0.282. The number of nitrogens with zero attached hydrogens (tertiary/aromatic N) is 2. The van der Waals surface area contributed by atoms with Crippen LogP contribution in [0, 0.1) is 4.77 Å². The maximum atomic E-state index is 12.9. The molecular weight excluding hydrogens is 400 g/mol. The Morgan fingerprint density at radius 1 is 1.20 bits per heavy atom. The van der Waals surface area contributed by atoms with Crippen LogP contribution in [0.1, 0.15) is 28.9 Å². The van der Waals surface area contributed by atoms with Crippen LogP contribution in [0.4, 0.5) is 0 Å². The fourth-order valence-electron chi connectivity index (χ4n) is 3.33. The SMILES string of the molecule is CCn1c(CCNC(=O)c2oc3ccccc3c2COc2ccccc2)n[nH]c1=S. The standard InChI is InChI=1S/C22H22N4O3S/c1-2-26-19(24-25-22(26)30)12-13-23-21(27)20-17(14-28-15-8-4-3-5-9-15)16-10-6-7-11-18(16)29-20/h3-11H,2,12-14H2,1H3,(H,23,27)(H,25,30). The van der Waals surface area contributed by atoms with Crippen molar-refractivity contribution in [1.29, 1.82) is 0 Å². The summed E-state index contributed by atoms with van der Waals surface area (Å²) < 4.78 is 14.2. The number of para-hydroxylation sites is 2. The lowest BCUT2D eigenvalue weighted by molar-refractivity contribution is 0.0925. The van der Waals surface area contributed by atoms with Gasteiger partial charge in [-0.15, -0.1) is 0 Å². The predicted molar refractivity (Wildman–Crippen MR) is 116 cm³/mol. The lowest BCUT2D eigenvalue weighted by atomic mass is 10.1. The molecule has 1 amide bonds. The van der Waals surface area contributed by atoms with E-state index in [1.807, 2.05) is 66.1 Å². The zero-order valence-electron chi connectivity index (χ0n) is 16.6. The highest BCUT2D eigenvalue weighted by molar-refractivity contribution is 7.71. The fourth-order valence-corrected chi connectivity index (χ4v) is 3.61. The average molecular weight is 423 g/mol. The van der Waals surface area contributed by atoms with Crippen molar-refractivity contribution in [2.45, 2.75) is 26.5 Å². The topological polar surface area (TPSA) is 85.1 Å². The van der Waals surface area contributed by atoms with Gasteiger partial charge >= 0.3 is 0 Å². The first-order valence-electron chi connectivity index (χ1n) is 9.78. The lowest BCUT2D eigenvalue weighted by Gasteiger charge is -2.08. The Kier molecular flexibility index (Phi) is 5.94. The van der Waals surface area contributed by atoms with E-state index in [2.05, 4.69) is 15.5 Å². The molecule has 8 heteroatoms. The molecule has 0 spiro atoms. The van der Waals surface area contributed by atoms with Gasteiger partial charge < -0.3 is 19.0 Å². The van der Waals surface area contributed by atoms with Crippen molar-refractivity contribution < 1.29 is 13.9 Å². The molecule has 0 aliphatic rings. The molecule has 0 saturated heterocycles. The number of carbonyl (C=O) groups excluding carboxylic acids is 1. The van der Waals surface area contributed by atoms with Crippen molar-refractivity contribution in [3.05, 3.63) is 76.5 Å². The Bertz CT molecular complexity index is 1210. The van der Waals surface area contributed by atoms with Gasteiger partial charge in [-0.1, -0.05) is 36.4 Å². The van der Waals surface area contributed by atoms with Crippen LogP contribution in [0.15, 0.2) is 59.0 Å². The first kappa shape index (κ1) is 19.9. The number of hydrogen-bond donors (Lipinski definition) is 2. The largest absolute Gasteiger partial charge is 0.489 e. The van der Waals surface area contributed by atoms with Crippen LogP contribution in [0.5, 0.6) is 5.75 Å². The van der Waals surface area contributed by atoms with Gasteiger partial charge in [-0.3, -0.25) is 9.89 Å². The van der Waals surface area contributed by atoms with E-state index in [1.54, 1.807) is 0 Å². The molecule has 0 saturated carbocycles. The van der Waals surface area contributed by atoms with Gasteiger partial charge in [-0.25, -0.2) is 0 Å². The molecule has 4 rings (SSSR count). The molecule has 2 N–H and O–H groups in total. The minimum absolute atomic E-state index is 0.234. The smallest absolute Gasteiger partial charge is 0.287 e. The molecule has 0 fully saturated rings. The quantitative estimate of drug-likeness (QED) is 0.415. The number of rotatable bonds is 8. The van der Waals surface area contributed by atoms with Gasteiger partial charge in [0.05, 0.1) is 0 Å². The van der Waals surface area contributed by atoms with E-state index < -0.39 is 0 Å². The number of benzene rings is 2. The van der Waals surface area contributed by atoms with Crippen LogP contribution >= 0.6 is 12.2 Å². The number of hydrogen-bond acceptors (Lipinski definition) is 5. The molecule has 154 valence electrons. The summed E-state index contributed by atoms with van der Waals surface area (Å²) >= 11 is 5.20. The summed E-state index contributed by atoms with van der Waals surface area (Å²) in [5, 5.41) is 10.8. The van der Waals surface area contributed by atoms with Crippen LogP contribution in [0.25, 0.3) is 11.0 Å². The molecule has 4 aromatic rings. The monoisotopic (exact) mass is 422 g/mol. The number of nitrogens with one attached hydrogen (secondary N) is 2. The highest BCUT2D eigenvalue weighted by Gasteiger charge is 2.21. The summed E-state index contributed by atoms with van der Waals surface area (Å²) in [6, 6.07) is 17.1. The first-order chi connectivity index (χ1) is 14.7. The minimum Gasteiger partial charge on any atom is -0.489 e. The number of aromatic amines is 1. The van der Waals surface area contributed by atoms with E-state index in [4.69, 9.17) is 21.4 Å². The summed E-state index contributed by atoms with van der Waals surface area (Å²) in [4.78, 5) is 12.9. The number of ether oxygens (including phenoxy) is 1. The van der Waals surface area contributed by atoms with E-state index in [1.165, 1.54) is 0 Å². The molecule has 7 nitrogen and oxygen atoms in total. The molecule has 0 aliphatic heterocycles. The van der Waals surface area contributed by atoms with Gasteiger partial charge in [-0.05, 0) is 37.3 Å². The zero-order valence-corrected chi connectivity index (χ0v) is 17.4. The van der Waals surface area contributed by atoms with E-state index in [-0.39, 0.29) is 18.3 Å². The van der Waals surface area contributed by atoms with Crippen LogP contribution in [0.3, 0.4) is 0 Å². The Labute approximate surface area is 178 Å². The molecule has 2 heterocycles. The van der Waals surface area contributed by atoms with Gasteiger partial charge in [0.1, 0.15) is 23.8 Å². The molecule has 0 aliphatic carbocycles. The van der Waals surface area contributed by atoms with Crippen molar-refractivity contribution >= 4 is 29.1 Å². The molecular formula is C22H22N4O3S. The number of amides is 1. The second-order valence-electron chi connectivity index (χ2n) is 6.70. The van der Waals surface area contributed by atoms with Crippen LogP contribution < -0.4 is 10.1 Å². The predicted octanol–water partition coefficient (Wildman–Crippen LogP) is 4.26. The average Bonchev–Trinajstić information content (AvgIpc) is 3.33. The number of aromatic nitrogens is 3. The van der Waals surface area contributed by atoms with Gasteiger partial charge in [0, 0.05) is 30.5 Å². The van der Waals surface area contributed by atoms with Gasteiger partial charge in [0.25, 0.3) is 5.91 Å². The Morgan fingerprint density at radius 3 is 2.77 bits per heavy atom. The Hall–Kier alpha value is -3.39. The Balaban J connectivity index is 1.50. The van der Waals surface area contributed by atoms with Crippen molar-refractivity contribution in [1.82, 2.24) is 20.1 Å². The second-order valence-corrected chi connectivity index (χ2v) is 7.09. The van der Waals surface area contributed by atoms with Gasteiger partial charge in [0.15, 0.2) is 10.5 Å². The first-order valence-corrected chi connectivity index (χ1v) is 10.2. The normalized spacial score (nSPS) is 11.0. The van der Waals surface area contributed by atoms with E-state index in [0.29, 0.717) is 23.3 Å². The number of H-pyrrole nitrogens is 1. The number of fused-ring (bicyclic) bond motifs is 1. The third-order valence-corrected chi connectivity index (χ3v) is 5.13. The van der Waals surface area contributed by atoms with E-state index >= 15 is 0 Å². The van der Waals surface area contributed by atoms with E-state index in [0.717, 1.165) is 29.1 Å². The molecule has 0 atom stereocenters. The van der Waals surface area contributed by atoms with Crippen molar-refractivity contribution in [3.63, 3.8) is 0 Å². The zero-order chi connectivity index (χ0) is 20.9. The molecule has 2 aromatic carbocycles. The molecule has 0 unspecified atom stereocenters. The number of furan rings is 1. The summed E-state index contributed by atoms with van der Waals surface area (Å²) in [5.74, 6) is 1.52. The number of carbonyl (C=O) groups is 1.